The number of benzene rings is 4. The topological polar surface area (TPSA) is 173 Å². The summed E-state index contributed by atoms with van der Waals surface area (Å²) in [5.74, 6) is -0.487. The first-order valence-corrected chi connectivity index (χ1v) is 22.9. The summed E-state index contributed by atoms with van der Waals surface area (Å²) in [5, 5.41) is 12.8. The third kappa shape index (κ3) is 10.3. The number of nitrogens with zero attached hydrogens (tertiary/aromatic N) is 7. The molecule has 2 aromatic heterocycles. The molecule has 17 heteroatoms. The van der Waals surface area contributed by atoms with E-state index in [9.17, 15) is 18.5 Å². The smallest absolute Gasteiger partial charge is 0.274 e. The summed E-state index contributed by atoms with van der Waals surface area (Å²) in [5.41, 5.74) is 12.0. The van der Waals surface area contributed by atoms with Gasteiger partial charge in [0.25, 0.3) is 15.7 Å². The van der Waals surface area contributed by atoms with Crippen molar-refractivity contribution < 1.29 is 18.1 Å². The number of fused-ring (bicyclic) bond motifs is 1. The Morgan fingerprint density at radius 3 is 2.36 bits per heavy atom. The van der Waals surface area contributed by atoms with Crippen molar-refractivity contribution in [1.82, 2.24) is 24.8 Å². The van der Waals surface area contributed by atoms with Gasteiger partial charge in [-0.05, 0) is 66.1 Å². The first-order valence-electron chi connectivity index (χ1n) is 20.1. The van der Waals surface area contributed by atoms with Crippen LogP contribution in [0.15, 0.2) is 125 Å². The van der Waals surface area contributed by atoms with E-state index in [2.05, 4.69) is 58.6 Å². The van der Waals surface area contributed by atoms with Crippen molar-refractivity contribution in [3.8, 4) is 11.1 Å². The number of sulfonamides is 1. The minimum absolute atomic E-state index is 0.0304. The number of ether oxygens (including phenoxy) is 1. The van der Waals surface area contributed by atoms with Crippen LogP contribution in [0.2, 0.25) is 5.02 Å². The number of anilines is 2. The Balaban J connectivity index is 0.969. The summed E-state index contributed by atoms with van der Waals surface area (Å²) in [6.07, 6.45) is 3.50. The van der Waals surface area contributed by atoms with Crippen LogP contribution in [0.1, 0.15) is 23.5 Å². The van der Waals surface area contributed by atoms with E-state index < -0.39 is 26.2 Å². The average Bonchev–Trinajstić information content (AvgIpc) is 3.28. The number of nitro benzene ring substituents is 1. The quantitative estimate of drug-likeness (QED) is 0.0457. The molecule has 4 aromatic carbocycles. The molecule has 4 heterocycles. The SMILES string of the molecule is NC(Sc1ccccc1)C(CCN1CCOCC1)c1ccc(S(=O)(=O)Nc2ncnc3cc(N4CCN(Cc5ccccc5-c5ccc(Cl)cc5)CC4)cnc23)cc1[N+](=O)[O-]. The van der Waals surface area contributed by atoms with Gasteiger partial charge in [0.1, 0.15) is 11.8 Å². The van der Waals surface area contributed by atoms with Crippen LogP contribution < -0.4 is 15.4 Å². The van der Waals surface area contributed by atoms with E-state index in [0.29, 0.717) is 42.3 Å². The zero-order chi connectivity index (χ0) is 42.3. The van der Waals surface area contributed by atoms with Gasteiger partial charge in [0, 0.05) is 73.3 Å². The molecule has 0 aliphatic carbocycles. The van der Waals surface area contributed by atoms with Crippen LogP contribution in [-0.2, 0) is 21.3 Å². The molecular formula is C44H46ClN9O5S2. The van der Waals surface area contributed by atoms with Gasteiger partial charge < -0.3 is 15.4 Å². The summed E-state index contributed by atoms with van der Waals surface area (Å²) >= 11 is 7.57. The second-order valence-corrected chi connectivity index (χ2v) is 18.4. The Kier molecular flexibility index (Phi) is 13.4. The third-order valence-corrected chi connectivity index (χ3v) is 13.9. The van der Waals surface area contributed by atoms with E-state index in [1.54, 1.807) is 6.20 Å². The second-order valence-electron chi connectivity index (χ2n) is 15.0. The number of morpholine rings is 1. The van der Waals surface area contributed by atoms with Gasteiger partial charge in [-0.1, -0.05) is 72.3 Å². The molecular weight excluding hydrogens is 834 g/mol. The van der Waals surface area contributed by atoms with Crippen LogP contribution in [0.25, 0.3) is 22.2 Å². The number of rotatable bonds is 15. The van der Waals surface area contributed by atoms with Gasteiger partial charge >= 0.3 is 0 Å². The van der Waals surface area contributed by atoms with Gasteiger partial charge in [-0.25, -0.2) is 23.4 Å². The molecule has 8 rings (SSSR count). The molecule has 0 bridgehead atoms. The van der Waals surface area contributed by atoms with Crippen LogP contribution in [0.3, 0.4) is 0 Å². The molecule has 0 saturated carbocycles. The Hall–Kier alpha value is -5.20. The Bertz CT molecular complexity index is 2580. The molecule has 2 aliphatic heterocycles. The molecule has 6 aromatic rings. The summed E-state index contributed by atoms with van der Waals surface area (Å²) in [7, 11) is -4.35. The fourth-order valence-electron chi connectivity index (χ4n) is 7.89. The molecule has 316 valence electrons. The van der Waals surface area contributed by atoms with E-state index >= 15 is 0 Å². The molecule has 0 amide bonds. The maximum Gasteiger partial charge on any atom is 0.274 e. The fraction of sp³-hybridized carbons (Fsp3) is 0.295. The predicted octanol–water partition coefficient (Wildman–Crippen LogP) is 7.26. The number of pyridine rings is 1. The van der Waals surface area contributed by atoms with Crippen molar-refractivity contribution in [1.29, 1.82) is 0 Å². The fourth-order valence-corrected chi connectivity index (χ4v) is 10.1. The van der Waals surface area contributed by atoms with Gasteiger partial charge in [0.2, 0.25) is 0 Å². The normalized spacial score (nSPS) is 16.3. The molecule has 61 heavy (non-hydrogen) atoms. The van der Waals surface area contributed by atoms with E-state index in [0.717, 1.165) is 68.0 Å². The third-order valence-electron chi connectivity index (χ3n) is 11.2. The van der Waals surface area contributed by atoms with Gasteiger partial charge in [0.05, 0.1) is 45.8 Å². The molecule has 0 radical (unpaired) electrons. The highest BCUT2D eigenvalue weighted by atomic mass is 35.5. The number of aromatic nitrogens is 3. The van der Waals surface area contributed by atoms with E-state index in [1.807, 2.05) is 60.7 Å². The monoisotopic (exact) mass is 879 g/mol. The standard InChI is InChI=1S/C44H46ClN9O5S2/c45-33-12-10-31(11-13-33)37-9-5-4-6-32(37)29-52-18-20-53(21-19-52)34-26-40-42(47-28-34)44(49-30-48-40)50-61(57,58)36-14-15-38(41(27-36)54(55)56)39(16-17-51-22-24-59-25-23-51)43(46)60-35-7-2-1-3-8-35/h1-15,26-28,30,39,43H,16-25,29,46H2,(H,48,49,50). The van der Waals surface area contributed by atoms with Crippen LogP contribution in [0.4, 0.5) is 17.2 Å². The van der Waals surface area contributed by atoms with E-state index in [1.165, 1.54) is 41.3 Å². The lowest BCUT2D eigenvalue weighted by molar-refractivity contribution is -0.386. The number of thioether (sulfide) groups is 1. The van der Waals surface area contributed by atoms with Gasteiger partial charge in [-0.15, -0.1) is 11.8 Å². The van der Waals surface area contributed by atoms with Gasteiger partial charge in [-0.2, -0.15) is 0 Å². The summed E-state index contributed by atoms with van der Waals surface area (Å²) in [6.45, 7) is 7.41. The van der Waals surface area contributed by atoms with Crippen molar-refractivity contribution in [2.24, 2.45) is 5.73 Å². The second kappa shape index (κ2) is 19.2. The number of hydrogen-bond donors (Lipinski definition) is 2. The van der Waals surface area contributed by atoms with Crippen molar-refractivity contribution in [2.75, 3.05) is 68.6 Å². The molecule has 2 saturated heterocycles. The number of piperazine rings is 1. The Morgan fingerprint density at radius 2 is 1.61 bits per heavy atom. The highest BCUT2D eigenvalue weighted by Gasteiger charge is 2.31. The lowest BCUT2D eigenvalue weighted by Gasteiger charge is -2.36. The van der Waals surface area contributed by atoms with Gasteiger partial charge in [-0.3, -0.25) is 24.6 Å². The molecule has 2 unspecified atom stereocenters. The minimum atomic E-state index is -4.35. The van der Waals surface area contributed by atoms with Crippen molar-refractivity contribution in [3.63, 3.8) is 0 Å². The number of nitrogens with two attached hydrogens (primary N) is 1. The lowest BCUT2D eigenvalue weighted by atomic mass is 9.93. The van der Waals surface area contributed by atoms with Crippen LogP contribution in [0.5, 0.6) is 0 Å². The van der Waals surface area contributed by atoms with Crippen LogP contribution in [0, 0.1) is 10.1 Å². The first kappa shape index (κ1) is 42.5. The van der Waals surface area contributed by atoms with Gasteiger partial charge in [0.15, 0.2) is 5.82 Å². The first-order chi connectivity index (χ1) is 29.6. The maximum absolute atomic E-state index is 13.9. The summed E-state index contributed by atoms with van der Waals surface area (Å²) < 4.78 is 35.9. The number of nitro groups is 1. The highest BCUT2D eigenvalue weighted by Crippen LogP contribution is 2.39. The zero-order valence-corrected chi connectivity index (χ0v) is 35.7. The van der Waals surface area contributed by atoms with Crippen molar-refractivity contribution in [3.05, 3.63) is 142 Å². The molecule has 0 spiro atoms. The molecule has 2 aliphatic rings. The van der Waals surface area contributed by atoms with Crippen LogP contribution >= 0.6 is 23.4 Å². The molecule has 2 atom stereocenters. The average molecular weight is 880 g/mol. The van der Waals surface area contributed by atoms with Crippen molar-refractivity contribution >= 4 is 61.6 Å². The maximum atomic E-state index is 13.9. The van der Waals surface area contributed by atoms with E-state index in [-0.39, 0.29) is 21.9 Å². The Labute approximate surface area is 364 Å². The van der Waals surface area contributed by atoms with E-state index in [4.69, 9.17) is 22.1 Å². The lowest BCUT2D eigenvalue weighted by Crippen LogP contribution is -2.46. The minimum Gasteiger partial charge on any atom is -0.379 e. The molecule has 14 nitrogen and oxygen atoms in total. The van der Waals surface area contributed by atoms with Crippen molar-refractivity contribution in [2.45, 2.75) is 34.0 Å². The number of halogens is 1. The molecule has 3 N–H and O–H groups in total. The highest BCUT2D eigenvalue weighted by molar-refractivity contribution is 8.00. The Morgan fingerprint density at radius 1 is 0.869 bits per heavy atom. The number of hydrogen-bond acceptors (Lipinski definition) is 13. The molecule has 2 fully saturated rings. The summed E-state index contributed by atoms with van der Waals surface area (Å²) in [6, 6.07) is 31.8. The largest absolute Gasteiger partial charge is 0.379 e. The van der Waals surface area contributed by atoms with Crippen LogP contribution in [-0.4, -0.2) is 102 Å². The predicted molar refractivity (Wildman–Crippen MR) is 241 cm³/mol. The summed E-state index contributed by atoms with van der Waals surface area (Å²) in [4.78, 5) is 32.9. The number of nitrogens with one attached hydrogen (secondary N) is 1. The zero-order valence-electron chi connectivity index (χ0n) is 33.3.